The summed E-state index contributed by atoms with van der Waals surface area (Å²) in [6.45, 7) is 4.91. The lowest BCUT2D eigenvalue weighted by Gasteiger charge is -2.27. The van der Waals surface area contributed by atoms with Crippen molar-refractivity contribution in [1.82, 2.24) is 5.48 Å². The van der Waals surface area contributed by atoms with Gasteiger partial charge in [-0.2, -0.15) is 5.48 Å². The maximum Gasteiger partial charge on any atom is 0.308 e. The molecule has 2 atom stereocenters. The summed E-state index contributed by atoms with van der Waals surface area (Å²) in [5.74, 6) is -0.00263. The number of rotatable bonds is 5. The van der Waals surface area contributed by atoms with E-state index in [0.717, 1.165) is 25.7 Å². The first-order valence-corrected chi connectivity index (χ1v) is 5.81. The average molecular weight is 215 g/mol. The molecule has 0 radical (unpaired) electrons. The highest BCUT2D eigenvalue weighted by Gasteiger charge is 2.28. The molecule has 2 unspecified atom stereocenters. The predicted molar refractivity (Wildman–Crippen MR) is 57.1 cm³/mol. The SMILES string of the molecule is CCONC1CCCC(C(=O)OCC)C1. The van der Waals surface area contributed by atoms with Gasteiger partial charge < -0.3 is 9.57 Å². The van der Waals surface area contributed by atoms with E-state index < -0.39 is 0 Å². The topological polar surface area (TPSA) is 47.6 Å². The molecule has 1 aliphatic rings. The van der Waals surface area contributed by atoms with Crippen LogP contribution in [0.3, 0.4) is 0 Å². The van der Waals surface area contributed by atoms with Gasteiger partial charge in [0.1, 0.15) is 0 Å². The van der Waals surface area contributed by atoms with Crippen LogP contribution in [0.4, 0.5) is 0 Å². The summed E-state index contributed by atoms with van der Waals surface area (Å²) in [7, 11) is 0. The lowest BCUT2D eigenvalue weighted by molar-refractivity contribution is -0.150. The van der Waals surface area contributed by atoms with E-state index in [9.17, 15) is 4.79 Å². The van der Waals surface area contributed by atoms with Gasteiger partial charge in [-0.15, -0.1) is 0 Å². The van der Waals surface area contributed by atoms with E-state index >= 15 is 0 Å². The van der Waals surface area contributed by atoms with Crippen LogP contribution in [-0.2, 0) is 14.4 Å². The maximum atomic E-state index is 11.5. The Morgan fingerprint density at radius 1 is 1.33 bits per heavy atom. The zero-order valence-corrected chi connectivity index (χ0v) is 9.62. The molecule has 1 aliphatic carbocycles. The van der Waals surface area contributed by atoms with Gasteiger partial charge in [0.05, 0.1) is 19.1 Å². The van der Waals surface area contributed by atoms with Crippen molar-refractivity contribution in [2.24, 2.45) is 5.92 Å². The Balaban J connectivity index is 2.31. The highest BCUT2D eigenvalue weighted by atomic mass is 16.6. The summed E-state index contributed by atoms with van der Waals surface area (Å²) in [5.41, 5.74) is 2.99. The van der Waals surface area contributed by atoms with E-state index in [-0.39, 0.29) is 11.9 Å². The quantitative estimate of drug-likeness (QED) is 0.559. The third kappa shape index (κ3) is 4.18. The molecule has 0 aromatic rings. The van der Waals surface area contributed by atoms with E-state index in [1.165, 1.54) is 0 Å². The number of carbonyl (C=O) groups is 1. The van der Waals surface area contributed by atoms with Crippen molar-refractivity contribution in [1.29, 1.82) is 0 Å². The van der Waals surface area contributed by atoms with Gasteiger partial charge in [-0.25, -0.2) is 0 Å². The molecule has 0 aromatic carbocycles. The van der Waals surface area contributed by atoms with Crippen LogP contribution in [0.1, 0.15) is 39.5 Å². The van der Waals surface area contributed by atoms with Crippen LogP contribution in [0.25, 0.3) is 0 Å². The molecule has 88 valence electrons. The number of hydrogen-bond acceptors (Lipinski definition) is 4. The normalized spacial score (nSPS) is 26.3. The van der Waals surface area contributed by atoms with Crippen LogP contribution in [-0.4, -0.2) is 25.2 Å². The third-order valence-electron chi connectivity index (χ3n) is 2.69. The molecular weight excluding hydrogens is 194 g/mol. The summed E-state index contributed by atoms with van der Waals surface area (Å²) < 4.78 is 5.03. The molecule has 0 aliphatic heterocycles. The third-order valence-corrected chi connectivity index (χ3v) is 2.69. The van der Waals surface area contributed by atoms with E-state index in [1.54, 1.807) is 0 Å². The number of esters is 1. The molecule has 0 amide bonds. The molecule has 1 rings (SSSR count). The molecule has 0 saturated heterocycles. The second kappa shape index (κ2) is 6.80. The Morgan fingerprint density at radius 3 is 2.80 bits per heavy atom. The summed E-state index contributed by atoms with van der Waals surface area (Å²) >= 11 is 0. The van der Waals surface area contributed by atoms with Crippen LogP contribution in [0.15, 0.2) is 0 Å². The average Bonchev–Trinajstić information content (AvgIpc) is 2.27. The summed E-state index contributed by atoms with van der Waals surface area (Å²) in [6.07, 6.45) is 3.92. The summed E-state index contributed by atoms with van der Waals surface area (Å²) in [4.78, 5) is 16.7. The van der Waals surface area contributed by atoms with E-state index in [0.29, 0.717) is 19.3 Å². The zero-order valence-electron chi connectivity index (χ0n) is 9.62. The van der Waals surface area contributed by atoms with E-state index in [4.69, 9.17) is 9.57 Å². The van der Waals surface area contributed by atoms with Crippen LogP contribution in [0.5, 0.6) is 0 Å². The maximum absolute atomic E-state index is 11.5. The molecule has 1 fully saturated rings. The Kier molecular flexibility index (Phi) is 5.65. The Labute approximate surface area is 91.3 Å². The van der Waals surface area contributed by atoms with Crippen LogP contribution in [0, 0.1) is 5.92 Å². The van der Waals surface area contributed by atoms with Crippen molar-refractivity contribution < 1.29 is 14.4 Å². The first-order valence-electron chi connectivity index (χ1n) is 5.81. The lowest BCUT2D eigenvalue weighted by atomic mass is 9.86. The molecule has 1 N–H and O–H groups in total. The molecular formula is C11H21NO3. The second-order valence-corrected chi connectivity index (χ2v) is 3.86. The van der Waals surface area contributed by atoms with Gasteiger partial charge in [0.2, 0.25) is 0 Å². The van der Waals surface area contributed by atoms with Gasteiger partial charge in [-0.05, 0) is 33.1 Å². The van der Waals surface area contributed by atoms with Crippen molar-refractivity contribution in [2.45, 2.75) is 45.6 Å². The number of hydrogen-bond donors (Lipinski definition) is 1. The van der Waals surface area contributed by atoms with Gasteiger partial charge in [-0.3, -0.25) is 4.79 Å². The molecule has 1 saturated carbocycles. The minimum Gasteiger partial charge on any atom is -0.466 e. The smallest absolute Gasteiger partial charge is 0.308 e. The summed E-state index contributed by atoms with van der Waals surface area (Å²) in [5, 5.41) is 0. The lowest BCUT2D eigenvalue weighted by Crippen LogP contribution is -2.37. The largest absolute Gasteiger partial charge is 0.466 e. The number of hydroxylamine groups is 1. The van der Waals surface area contributed by atoms with Crippen molar-refractivity contribution >= 4 is 5.97 Å². The van der Waals surface area contributed by atoms with Crippen molar-refractivity contribution in [2.75, 3.05) is 13.2 Å². The van der Waals surface area contributed by atoms with Crippen molar-refractivity contribution in [3.8, 4) is 0 Å². The van der Waals surface area contributed by atoms with Crippen molar-refractivity contribution in [3.05, 3.63) is 0 Å². The minimum atomic E-state index is -0.0551. The number of carbonyl (C=O) groups excluding carboxylic acids is 1. The fourth-order valence-electron chi connectivity index (χ4n) is 1.97. The molecule has 4 nitrogen and oxygen atoms in total. The summed E-state index contributed by atoms with van der Waals surface area (Å²) in [6, 6.07) is 0.299. The highest BCUT2D eigenvalue weighted by molar-refractivity contribution is 5.72. The Hall–Kier alpha value is -0.610. The molecule has 0 aromatic heterocycles. The first-order chi connectivity index (χ1) is 7.27. The minimum absolute atomic E-state index is 0.0525. The van der Waals surface area contributed by atoms with Crippen LogP contribution >= 0.6 is 0 Å². The standard InChI is InChI=1S/C11H21NO3/c1-3-14-11(13)9-6-5-7-10(8-9)12-15-4-2/h9-10,12H,3-8H2,1-2H3. The zero-order chi connectivity index (χ0) is 11.1. The van der Waals surface area contributed by atoms with Gasteiger partial charge >= 0.3 is 5.97 Å². The monoisotopic (exact) mass is 215 g/mol. The first kappa shape index (κ1) is 12.5. The van der Waals surface area contributed by atoms with Gasteiger partial charge in [-0.1, -0.05) is 6.42 Å². The molecule has 4 heteroatoms. The molecule has 0 bridgehead atoms. The fraction of sp³-hybridized carbons (Fsp3) is 0.909. The Bertz CT molecular complexity index is 196. The van der Waals surface area contributed by atoms with Crippen molar-refractivity contribution in [3.63, 3.8) is 0 Å². The van der Waals surface area contributed by atoms with Gasteiger partial charge in [0.15, 0.2) is 0 Å². The predicted octanol–water partition coefficient (Wildman–Crippen LogP) is 1.65. The second-order valence-electron chi connectivity index (χ2n) is 3.86. The Morgan fingerprint density at radius 2 is 2.13 bits per heavy atom. The van der Waals surface area contributed by atoms with Gasteiger partial charge in [0, 0.05) is 6.04 Å². The van der Waals surface area contributed by atoms with E-state index in [2.05, 4.69) is 5.48 Å². The molecule has 0 spiro atoms. The van der Waals surface area contributed by atoms with Crippen LogP contribution < -0.4 is 5.48 Å². The highest BCUT2D eigenvalue weighted by Crippen LogP contribution is 2.25. The molecule has 15 heavy (non-hydrogen) atoms. The number of ether oxygens (including phenoxy) is 1. The van der Waals surface area contributed by atoms with Gasteiger partial charge in [0.25, 0.3) is 0 Å². The van der Waals surface area contributed by atoms with Crippen LogP contribution in [0.2, 0.25) is 0 Å². The fourth-order valence-corrected chi connectivity index (χ4v) is 1.97. The number of nitrogens with one attached hydrogen (secondary N) is 1. The van der Waals surface area contributed by atoms with E-state index in [1.807, 2.05) is 13.8 Å². The molecule has 0 heterocycles.